The van der Waals surface area contributed by atoms with Gasteiger partial charge in [-0.15, -0.1) is 0 Å². The first-order valence-electron chi connectivity index (χ1n) is 12.1. The van der Waals surface area contributed by atoms with Gasteiger partial charge in [-0.05, 0) is 44.4 Å². The molecule has 3 aromatic rings. The number of carbonyl (C=O) groups is 2. The zero-order valence-corrected chi connectivity index (χ0v) is 19.5. The fourth-order valence-electron chi connectivity index (χ4n) is 5.22. The molecule has 1 aliphatic carbocycles. The van der Waals surface area contributed by atoms with Gasteiger partial charge in [-0.25, -0.2) is 4.98 Å². The van der Waals surface area contributed by atoms with E-state index in [0.29, 0.717) is 18.9 Å². The van der Waals surface area contributed by atoms with E-state index >= 15 is 0 Å². The molecule has 33 heavy (non-hydrogen) atoms. The molecule has 172 valence electrons. The molecule has 0 unspecified atom stereocenters. The van der Waals surface area contributed by atoms with Gasteiger partial charge in [0.05, 0.1) is 17.6 Å². The summed E-state index contributed by atoms with van der Waals surface area (Å²) in [6.07, 6.45) is 6.76. The number of nitrogens with zero attached hydrogens (tertiary/aromatic N) is 3. The quantitative estimate of drug-likeness (QED) is 0.598. The van der Waals surface area contributed by atoms with Gasteiger partial charge in [-0.1, -0.05) is 67.6 Å². The number of hydrogen-bond donors (Lipinski definition) is 1. The van der Waals surface area contributed by atoms with E-state index in [-0.39, 0.29) is 17.9 Å². The van der Waals surface area contributed by atoms with Crippen LogP contribution in [0, 0.1) is 6.92 Å². The molecule has 1 aromatic heterocycles. The van der Waals surface area contributed by atoms with Gasteiger partial charge in [0.25, 0.3) is 5.91 Å². The smallest absolute Gasteiger partial charge is 0.291 e. The van der Waals surface area contributed by atoms with Gasteiger partial charge in [-0.2, -0.15) is 0 Å². The average molecular weight is 445 g/mol. The van der Waals surface area contributed by atoms with Crippen LogP contribution >= 0.6 is 0 Å². The molecule has 0 radical (unpaired) electrons. The second kappa shape index (κ2) is 8.65. The third kappa shape index (κ3) is 4.03. The molecule has 1 fully saturated rings. The van der Waals surface area contributed by atoms with Crippen LogP contribution in [-0.2, 0) is 17.9 Å². The monoisotopic (exact) mass is 444 g/mol. The van der Waals surface area contributed by atoms with Crippen LogP contribution in [0.4, 0.5) is 0 Å². The molecule has 6 heteroatoms. The van der Waals surface area contributed by atoms with Crippen LogP contribution in [0.25, 0.3) is 11.0 Å². The van der Waals surface area contributed by atoms with E-state index in [1.165, 1.54) is 18.4 Å². The van der Waals surface area contributed by atoms with E-state index in [1.54, 1.807) is 4.90 Å². The Kier molecular flexibility index (Phi) is 5.69. The highest BCUT2D eigenvalue weighted by Crippen LogP contribution is 2.32. The maximum Gasteiger partial charge on any atom is 0.291 e. The molecule has 1 aliphatic heterocycles. The standard InChI is InChI=1S/C27H32N4O2/c1-19-13-15-20(16-14-19)17-31-25(32)24-29-22-11-7-8-12-23(22)30(24)18-27(31,2)26(33)28-21-9-5-3-4-6-10-21/h7-8,11-16,21H,3-6,9-10,17-18H2,1-2H3,(H,28,33)/t27-/m0/s1. The Balaban J connectivity index is 1.53. The summed E-state index contributed by atoms with van der Waals surface area (Å²) in [6.45, 7) is 4.71. The molecule has 6 nitrogen and oxygen atoms in total. The summed E-state index contributed by atoms with van der Waals surface area (Å²) in [7, 11) is 0. The number of nitrogens with one attached hydrogen (secondary N) is 1. The van der Waals surface area contributed by atoms with Crippen molar-refractivity contribution < 1.29 is 9.59 Å². The zero-order valence-electron chi connectivity index (χ0n) is 19.5. The minimum absolute atomic E-state index is 0.0710. The summed E-state index contributed by atoms with van der Waals surface area (Å²) >= 11 is 0. The van der Waals surface area contributed by atoms with Crippen molar-refractivity contribution in [3.63, 3.8) is 0 Å². The third-order valence-corrected chi connectivity index (χ3v) is 7.29. The van der Waals surface area contributed by atoms with Crippen LogP contribution in [0.2, 0.25) is 0 Å². The predicted octanol–water partition coefficient (Wildman–Crippen LogP) is 4.60. The number of fused-ring (bicyclic) bond motifs is 3. The number of hydrogen-bond acceptors (Lipinski definition) is 3. The van der Waals surface area contributed by atoms with Gasteiger partial charge in [0.1, 0.15) is 5.54 Å². The SMILES string of the molecule is Cc1ccc(CN2C(=O)c3nc4ccccc4n3C[C@@]2(C)C(=O)NC2CCCCCC2)cc1. The van der Waals surface area contributed by atoms with Crippen LogP contribution in [0.1, 0.15) is 67.2 Å². The van der Waals surface area contributed by atoms with Crippen molar-refractivity contribution in [2.75, 3.05) is 0 Å². The van der Waals surface area contributed by atoms with Crippen molar-refractivity contribution >= 4 is 22.8 Å². The Bertz CT molecular complexity index is 1170. The number of imidazole rings is 1. The fraction of sp³-hybridized carbons (Fsp3) is 0.444. The van der Waals surface area contributed by atoms with Crippen molar-refractivity contribution in [2.24, 2.45) is 0 Å². The molecule has 1 atom stereocenters. The van der Waals surface area contributed by atoms with Crippen molar-refractivity contribution in [3.05, 3.63) is 65.5 Å². The largest absolute Gasteiger partial charge is 0.351 e. The summed E-state index contributed by atoms with van der Waals surface area (Å²) in [6, 6.07) is 16.1. The highest BCUT2D eigenvalue weighted by molar-refractivity contribution is 6.01. The Labute approximate surface area is 195 Å². The summed E-state index contributed by atoms with van der Waals surface area (Å²) in [5.41, 5.74) is 2.84. The fourth-order valence-corrected chi connectivity index (χ4v) is 5.22. The molecule has 0 bridgehead atoms. The molecular weight excluding hydrogens is 412 g/mol. The van der Waals surface area contributed by atoms with Gasteiger partial charge < -0.3 is 14.8 Å². The highest BCUT2D eigenvalue weighted by Gasteiger charge is 2.48. The van der Waals surface area contributed by atoms with Crippen molar-refractivity contribution in [1.82, 2.24) is 19.8 Å². The van der Waals surface area contributed by atoms with Crippen molar-refractivity contribution in [3.8, 4) is 0 Å². The van der Waals surface area contributed by atoms with Gasteiger partial charge in [0.2, 0.25) is 5.91 Å². The van der Waals surface area contributed by atoms with Gasteiger partial charge >= 0.3 is 0 Å². The molecule has 1 N–H and O–H groups in total. The van der Waals surface area contributed by atoms with E-state index in [1.807, 2.05) is 66.9 Å². The zero-order chi connectivity index (χ0) is 23.0. The van der Waals surface area contributed by atoms with E-state index in [9.17, 15) is 9.59 Å². The first-order chi connectivity index (χ1) is 16.0. The molecule has 0 saturated heterocycles. The second-order valence-electron chi connectivity index (χ2n) is 9.82. The first-order valence-corrected chi connectivity index (χ1v) is 12.1. The van der Waals surface area contributed by atoms with E-state index in [2.05, 4.69) is 10.3 Å². The van der Waals surface area contributed by atoms with Crippen molar-refractivity contribution in [2.45, 2.75) is 77.0 Å². The minimum Gasteiger partial charge on any atom is -0.351 e. The Morgan fingerprint density at radius 1 is 1.06 bits per heavy atom. The lowest BCUT2D eigenvalue weighted by atomic mass is 9.93. The summed E-state index contributed by atoms with van der Waals surface area (Å²) < 4.78 is 1.93. The number of aryl methyl sites for hydroxylation is 1. The average Bonchev–Trinajstić information content (AvgIpc) is 2.98. The Hall–Kier alpha value is -3.15. The molecule has 5 rings (SSSR count). The molecule has 2 amide bonds. The van der Waals surface area contributed by atoms with Crippen LogP contribution in [0.15, 0.2) is 48.5 Å². The number of rotatable bonds is 4. The molecule has 1 saturated carbocycles. The number of aromatic nitrogens is 2. The Morgan fingerprint density at radius 3 is 2.48 bits per heavy atom. The topological polar surface area (TPSA) is 67.2 Å². The van der Waals surface area contributed by atoms with Crippen LogP contribution in [-0.4, -0.2) is 37.8 Å². The number of amides is 2. The summed E-state index contributed by atoms with van der Waals surface area (Å²) in [5, 5.41) is 3.32. The number of benzene rings is 2. The number of para-hydroxylation sites is 2. The van der Waals surface area contributed by atoms with Gasteiger partial charge in [0, 0.05) is 12.6 Å². The second-order valence-corrected chi connectivity index (χ2v) is 9.82. The molecule has 2 heterocycles. The number of carbonyl (C=O) groups excluding carboxylic acids is 2. The maximum atomic E-state index is 13.8. The predicted molar refractivity (Wildman–Crippen MR) is 129 cm³/mol. The lowest BCUT2D eigenvalue weighted by molar-refractivity contribution is -0.134. The van der Waals surface area contributed by atoms with E-state index in [4.69, 9.17) is 0 Å². The molecule has 2 aromatic carbocycles. The van der Waals surface area contributed by atoms with Crippen LogP contribution in [0.3, 0.4) is 0 Å². The third-order valence-electron chi connectivity index (χ3n) is 7.29. The summed E-state index contributed by atoms with van der Waals surface area (Å²) in [4.78, 5) is 34.0. The lowest BCUT2D eigenvalue weighted by Gasteiger charge is -2.44. The highest BCUT2D eigenvalue weighted by atomic mass is 16.2. The maximum absolute atomic E-state index is 13.8. The van der Waals surface area contributed by atoms with Gasteiger partial charge in [-0.3, -0.25) is 9.59 Å². The molecular formula is C27H32N4O2. The molecule has 0 spiro atoms. The van der Waals surface area contributed by atoms with Gasteiger partial charge in [0.15, 0.2) is 5.82 Å². The lowest BCUT2D eigenvalue weighted by Crippen LogP contribution is -2.64. The minimum atomic E-state index is -1.01. The first kappa shape index (κ1) is 21.7. The normalized spacial score (nSPS) is 21.6. The molecule has 2 aliphatic rings. The van der Waals surface area contributed by atoms with E-state index in [0.717, 1.165) is 42.3 Å². The van der Waals surface area contributed by atoms with E-state index < -0.39 is 5.54 Å². The summed E-state index contributed by atoms with van der Waals surface area (Å²) in [5.74, 6) is 0.137. The van der Waals surface area contributed by atoms with Crippen LogP contribution < -0.4 is 5.32 Å². The Morgan fingerprint density at radius 2 is 1.76 bits per heavy atom. The van der Waals surface area contributed by atoms with Crippen LogP contribution in [0.5, 0.6) is 0 Å². The van der Waals surface area contributed by atoms with Crippen molar-refractivity contribution in [1.29, 1.82) is 0 Å².